The van der Waals surface area contributed by atoms with Gasteiger partial charge in [-0.1, -0.05) is 12.1 Å². The normalized spacial score (nSPS) is 24.4. The van der Waals surface area contributed by atoms with Gasteiger partial charge in [-0.15, -0.1) is 0 Å². The zero-order valence-corrected chi connectivity index (χ0v) is 18.0. The van der Waals surface area contributed by atoms with E-state index in [9.17, 15) is 4.79 Å². The van der Waals surface area contributed by atoms with Gasteiger partial charge >= 0.3 is 0 Å². The molecule has 0 radical (unpaired) electrons. The van der Waals surface area contributed by atoms with E-state index in [1.807, 2.05) is 0 Å². The molecule has 3 aliphatic heterocycles. The standard InChI is InChI=1S/C23H27N5OS/c29-23-18(14-26-7-1-2-8-26)4-6-22-19-9-17(13-28(22)23)12-27(15-19)11-16-3-5-20-21(10-16)25-30-24-20/h3-6,10,17,19H,1-2,7-9,11-15H2/t17-,19+/m0/s1. The summed E-state index contributed by atoms with van der Waals surface area (Å²) in [7, 11) is 0. The Kier molecular flexibility index (Phi) is 4.70. The molecule has 30 heavy (non-hydrogen) atoms. The fourth-order valence-corrected chi connectivity index (χ4v) is 6.22. The molecule has 2 atom stereocenters. The summed E-state index contributed by atoms with van der Waals surface area (Å²) in [6, 6.07) is 10.8. The Hall–Kier alpha value is -2.09. The average molecular weight is 422 g/mol. The van der Waals surface area contributed by atoms with Crippen molar-refractivity contribution in [2.75, 3.05) is 26.2 Å². The Balaban J connectivity index is 1.22. The number of aromatic nitrogens is 3. The molecule has 2 saturated heterocycles. The maximum Gasteiger partial charge on any atom is 0.255 e. The maximum atomic E-state index is 13.2. The number of likely N-dealkylation sites (tertiary alicyclic amines) is 2. The van der Waals surface area contributed by atoms with Crippen molar-refractivity contribution in [3.05, 3.63) is 57.5 Å². The Morgan fingerprint density at radius 3 is 2.70 bits per heavy atom. The van der Waals surface area contributed by atoms with Gasteiger partial charge in [0, 0.05) is 49.9 Å². The van der Waals surface area contributed by atoms with E-state index >= 15 is 0 Å². The lowest BCUT2D eigenvalue weighted by Crippen LogP contribution is -2.47. The molecule has 2 fully saturated rings. The van der Waals surface area contributed by atoms with Gasteiger partial charge in [0.15, 0.2) is 0 Å². The van der Waals surface area contributed by atoms with Crippen molar-refractivity contribution in [3.63, 3.8) is 0 Å². The third-order valence-electron chi connectivity index (χ3n) is 7.08. The molecule has 7 heteroatoms. The monoisotopic (exact) mass is 421 g/mol. The van der Waals surface area contributed by atoms with E-state index in [-0.39, 0.29) is 5.56 Å². The molecule has 6 rings (SSSR count). The summed E-state index contributed by atoms with van der Waals surface area (Å²) >= 11 is 1.28. The van der Waals surface area contributed by atoms with Crippen LogP contribution in [0.1, 0.15) is 42.0 Å². The molecule has 0 amide bonds. The fourth-order valence-electron chi connectivity index (χ4n) is 5.71. The molecule has 0 saturated carbocycles. The topological polar surface area (TPSA) is 54.3 Å². The number of fused-ring (bicyclic) bond motifs is 5. The van der Waals surface area contributed by atoms with Gasteiger partial charge in [0.1, 0.15) is 11.0 Å². The first-order chi connectivity index (χ1) is 14.7. The van der Waals surface area contributed by atoms with Crippen molar-refractivity contribution in [2.24, 2.45) is 5.92 Å². The van der Waals surface area contributed by atoms with Crippen LogP contribution in [0.2, 0.25) is 0 Å². The molecule has 2 bridgehead atoms. The number of hydrogen-bond acceptors (Lipinski definition) is 6. The summed E-state index contributed by atoms with van der Waals surface area (Å²) in [6.07, 6.45) is 3.73. The molecule has 156 valence electrons. The predicted octanol–water partition coefficient (Wildman–Crippen LogP) is 3.07. The van der Waals surface area contributed by atoms with E-state index < -0.39 is 0 Å². The molecule has 2 aromatic heterocycles. The highest BCUT2D eigenvalue weighted by molar-refractivity contribution is 7.00. The third-order valence-corrected chi connectivity index (χ3v) is 7.63. The van der Waals surface area contributed by atoms with Gasteiger partial charge in [-0.3, -0.25) is 14.6 Å². The highest BCUT2D eigenvalue weighted by atomic mass is 32.1. The molecule has 5 heterocycles. The number of piperidine rings is 1. The van der Waals surface area contributed by atoms with Crippen LogP contribution < -0.4 is 5.56 Å². The quantitative estimate of drug-likeness (QED) is 0.648. The minimum atomic E-state index is 0.254. The summed E-state index contributed by atoms with van der Waals surface area (Å²) in [5, 5.41) is 0. The molecule has 6 nitrogen and oxygen atoms in total. The Morgan fingerprint density at radius 2 is 1.80 bits per heavy atom. The second-order valence-electron chi connectivity index (χ2n) is 9.26. The first kappa shape index (κ1) is 18.7. The van der Waals surface area contributed by atoms with E-state index in [0.717, 1.165) is 62.4 Å². The minimum Gasteiger partial charge on any atom is -0.312 e. The molecule has 1 aromatic carbocycles. The summed E-state index contributed by atoms with van der Waals surface area (Å²) in [6.45, 7) is 6.96. The SMILES string of the molecule is O=c1c(CN2CCCC2)ccc2n1C[C@H]1C[C@@H]2CN(Cc2ccc3nsnc3c2)C1. The largest absolute Gasteiger partial charge is 0.312 e. The van der Waals surface area contributed by atoms with Crippen molar-refractivity contribution in [1.82, 2.24) is 23.1 Å². The molecular formula is C23H27N5OS. The Bertz CT molecular complexity index is 1130. The van der Waals surface area contributed by atoms with Crippen LogP contribution in [0.25, 0.3) is 11.0 Å². The fraction of sp³-hybridized carbons (Fsp3) is 0.522. The number of nitrogens with zero attached hydrogens (tertiary/aromatic N) is 5. The lowest BCUT2D eigenvalue weighted by Gasteiger charge is -2.43. The number of rotatable bonds is 4. The van der Waals surface area contributed by atoms with Gasteiger partial charge in [-0.25, -0.2) is 0 Å². The first-order valence-corrected chi connectivity index (χ1v) is 11.8. The summed E-state index contributed by atoms with van der Waals surface area (Å²) < 4.78 is 10.8. The second-order valence-corrected chi connectivity index (χ2v) is 9.79. The Morgan fingerprint density at radius 1 is 0.933 bits per heavy atom. The van der Waals surface area contributed by atoms with Gasteiger partial charge in [0.2, 0.25) is 0 Å². The summed E-state index contributed by atoms with van der Waals surface area (Å²) in [5.41, 5.74) is 5.75. The van der Waals surface area contributed by atoms with E-state index in [1.54, 1.807) is 0 Å². The van der Waals surface area contributed by atoms with Gasteiger partial charge in [-0.2, -0.15) is 8.75 Å². The minimum absolute atomic E-state index is 0.254. The van der Waals surface area contributed by atoms with Crippen molar-refractivity contribution in [2.45, 2.75) is 44.8 Å². The molecule has 3 aliphatic rings. The van der Waals surface area contributed by atoms with Crippen molar-refractivity contribution < 1.29 is 0 Å². The van der Waals surface area contributed by atoms with E-state index in [1.165, 1.54) is 42.2 Å². The second kappa shape index (κ2) is 7.55. The molecule has 0 spiro atoms. The maximum absolute atomic E-state index is 13.2. The first-order valence-electron chi connectivity index (χ1n) is 11.1. The van der Waals surface area contributed by atoms with Crippen LogP contribution in [-0.2, 0) is 19.6 Å². The number of pyridine rings is 1. The van der Waals surface area contributed by atoms with E-state index in [4.69, 9.17) is 0 Å². The summed E-state index contributed by atoms with van der Waals surface area (Å²) in [4.78, 5) is 18.2. The molecule has 0 N–H and O–H groups in total. The van der Waals surface area contributed by atoms with E-state index in [2.05, 4.69) is 53.4 Å². The van der Waals surface area contributed by atoms with Crippen LogP contribution in [-0.4, -0.2) is 49.3 Å². The van der Waals surface area contributed by atoms with Crippen LogP contribution in [0, 0.1) is 5.92 Å². The Labute approximate surface area is 180 Å². The molecular weight excluding hydrogens is 394 g/mol. The lowest BCUT2D eigenvalue weighted by atomic mass is 9.82. The molecule has 3 aromatic rings. The van der Waals surface area contributed by atoms with Gasteiger partial charge in [0.05, 0.1) is 11.7 Å². The van der Waals surface area contributed by atoms with Crippen LogP contribution in [0.15, 0.2) is 35.1 Å². The highest BCUT2D eigenvalue weighted by Gasteiger charge is 2.35. The highest BCUT2D eigenvalue weighted by Crippen LogP contribution is 2.36. The van der Waals surface area contributed by atoms with E-state index in [0.29, 0.717) is 11.8 Å². The summed E-state index contributed by atoms with van der Waals surface area (Å²) in [5.74, 6) is 1.01. The average Bonchev–Trinajstić information content (AvgIpc) is 3.42. The van der Waals surface area contributed by atoms with Crippen molar-refractivity contribution >= 4 is 22.8 Å². The van der Waals surface area contributed by atoms with Gasteiger partial charge in [-0.05, 0) is 62.0 Å². The predicted molar refractivity (Wildman–Crippen MR) is 119 cm³/mol. The number of hydrogen-bond donors (Lipinski definition) is 0. The van der Waals surface area contributed by atoms with Crippen molar-refractivity contribution in [1.29, 1.82) is 0 Å². The van der Waals surface area contributed by atoms with Gasteiger partial charge in [0.25, 0.3) is 5.56 Å². The third kappa shape index (κ3) is 3.39. The van der Waals surface area contributed by atoms with Crippen LogP contribution in [0.3, 0.4) is 0 Å². The van der Waals surface area contributed by atoms with Crippen LogP contribution in [0.4, 0.5) is 0 Å². The lowest BCUT2D eigenvalue weighted by molar-refractivity contribution is 0.114. The van der Waals surface area contributed by atoms with Crippen molar-refractivity contribution in [3.8, 4) is 0 Å². The number of benzene rings is 1. The van der Waals surface area contributed by atoms with Gasteiger partial charge < -0.3 is 4.57 Å². The smallest absolute Gasteiger partial charge is 0.255 e. The van der Waals surface area contributed by atoms with Crippen LogP contribution >= 0.6 is 11.7 Å². The molecule has 0 aliphatic carbocycles. The van der Waals surface area contributed by atoms with Crippen LogP contribution in [0.5, 0.6) is 0 Å². The molecule has 0 unspecified atom stereocenters. The zero-order chi connectivity index (χ0) is 20.1. The zero-order valence-electron chi connectivity index (χ0n) is 17.2.